The second kappa shape index (κ2) is 4.27. The van der Waals surface area contributed by atoms with Gasteiger partial charge in [0.15, 0.2) is 0 Å². The molecule has 0 fully saturated rings. The van der Waals surface area contributed by atoms with Crippen molar-refractivity contribution in [2.24, 2.45) is 4.99 Å². The summed E-state index contributed by atoms with van der Waals surface area (Å²) < 4.78 is 0. The van der Waals surface area contributed by atoms with Crippen molar-refractivity contribution in [3.63, 3.8) is 0 Å². The van der Waals surface area contributed by atoms with E-state index >= 15 is 0 Å². The van der Waals surface area contributed by atoms with Crippen LogP contribution in [0.25, 0.3) is 0 Å². The lowest BCUT2D eigenvalue weighted by Gasteiger charge is -2.09. The Morgan fingerprint density at radius 1 is 1.57 bits per heavy atom. The van der Waals surface area contributed by atoms with Crippen LogP contribution < -0.4 is 0 Å². The van der Waals surface area contributed by atoms with Crippen molar-refractivity contribution in [2.45, 2.75) is 20.4 Å². The summed E-state index contributed by atoms with van der Waals surface area (Å²) in [6.07, 6.45) is 1.43. The Morgan fingerprint density at radius 2 is 2.21 bits per heavy atom. The van der Waals surface area contributed by atoms with Gasteiger partial charge in [0.05, 0.1) is 6.54 Å². The lowest BCUT2D eigenvalue weighted by molar-refractivity contribution is 0.463. The average Bonchev–Trinajstić information content (AvgIpc) is 2.15. The summed E-state index contributed by atoms with van der Waals surface area (Å²) in [5.41, 5.74) is 2.00. The van der Waals surface area contributed by atoms with Crippen molar-refractivity contribution in [1.82, 2.24) is 0 Å². The highest BCUT2D eigenvalue weighted by Crippen LogP contribution is 2.31. The Morgan fingerprint density at radius 3 is 2.79 bits per heavy atom. The average molecular weight is 212 g/mol. The first kappa shape index (κ1) is 10.8. The highest BCUT2D eigenvalue weighted by molar-refractivity contribution is 6.31. The number of aliphatic imine (C=N–C) groups is 1. The van der Waals surface area contributed by atoms with Gasteiger partial charge in [0.25, 0.3) is 0 Å². The zero-order chi connectivity index (χ0) is 10.7. The zero-order valence-electron chi connectivity index (χ0n) is 7.97. The van der Waals surface area contributed by atoms with E-state index in [0.717, 1.165) is 5.56 Å². The minimum Gasteiger partial charge on any atom is -0.507 e. The summed E-state index contributed by atoms with van der Waals surface area (Å²) in [7, 11) is 0. The Labute approximate surface area is 87.0 Å². The van der Waals surface area contributed by atoms with Crippen molar-refractivity contribution in [2.75, 3.05) is 0 Å². The number of aromatic hydroxyl groups is 1. The maximum Gasteiger partial charge on any atom is 0.235 e. The number of phenolic OH excluding ortho intramolecular Hbond substituents is 1. The molecule has 74 valence electrons. The summed E-state index contributed by atoms with van der Waals surface area (Å²) in [4.78, 5) is 13.4. The van der Waals surface area contributed by atoms with Crippen molar-refractivity contribution in [3.8, 4) is 5.75 Å². The highest BCUT2D eigenvalue weighted by atomic mass is 35.5. The van der Waals surface area contributed by atoms with E-state index in [2.05, 4.69) is 4.99 Å². The second-order valence-electron chi connectivity index (χ2n) is 3.03. The zero-order valence-corrected chi connectivity index (χ0v) is 8.72. The number of benzene rings is 1. The number of isocyanates is 1. The summed E-state index contributed by atoms with van der Waals surface area (Å²) in [6, 6.07) is 1.68. The molecule has 0 bridgehead atoms. The van der Waals surface area contributed by atoms with E-state index in [9.17, 15) is 9.90 Å². The van der Waals surface area contributed by atoms with Gasteiger partial charge in [0.2, 0.25) is 6.08 Å². The van der Waals surface area contributed by atoms with Crippen molar-refractivity contribution >= 4 is 17.7 Å². The molecule has 0 aromatic heterocycles. The molecule has 0 radical (unpaired) electrons. The number of rotatable bonds is 2. The van der Waals surface area contributed by atoms with Crippen LogP contribution in [0.4, 0.5) is 0 Å². The highest BCUT2D eigenvalue weighted by Gasteiger charge is 2.10. The maximum absolute atomic E-state index is 9.96. The smallest absolute Gasteiger partial charge is 0.235 e. The SMILES string of the molecule is Cc1cc(Cl)c(C)c(CN=C=O)c1O. The predicted molar refractivity (Wildman–Crippen MR) is 54.4 cm³/mol. The van der Waals surface area contributed by atoms with Gasteiger partial charge in [-0.05, 0) is 31.0 Å². The van der Waals surface area contributed by atoms with Crippen LogP contribution in [0, 0.1) is 13.8 Å². The first-order chi connectivity index (χ1) is 6.57. The number of aryl methyl sites for hydroxylation is 1. The number of phenols is 1. The Balaban J connectivity index is 3.31. The Hall–Kier alpha value is -1.31. The number of nitrogens with zero attached hydrogens (tertiary/aromatic N) is 1. The third-order valence-corrected chi connectivity index (χ3v) is 2.51. The molecule has 3 nitrogen and oxygen atoms in total. The Kier molecular flexibility index (Phi) is 3.28. The number of hydrogen-bond acceptors (Lipinski definition) is 3. The van der Waals surface area contributed by atoms with Crippen LogP contribution in [-0.4, -0.2) is 11.2 Å². The van der Waals surface area contributed by atoms with Crippen LogP contribution in [-0.2, 0) is 11.3 Å². The maximum atomic E-state index is 9.96. The first-order valence-electron chi connectivity index (χ1n) is 4.09. The minimum atomic E-state index is 0.114. The van der Waals surface area contributed by atoms with Gasteiger partial charge in [-0.1, -0.05) is 11.6 Å². The predicted octanol–water partition coefficient (Wildman–Crippen LogP) is 2.50. The third kappa shape index (κ3) is 1.95. The van der Waals surface area contributed by atoms with Crippen LogP contribution >= 0.6 is 11.6 Å². The van der Waals surface area contributed by atoms with Gasteiger partial charge in [0.1, 0.15) is 5.75 Å². The quantitative estimate of drug-likeness (QED) is 0.604. The fourth-order valence-electron chi connectivity index (χ4n) is 1.23. The minimum absolute atomic E-state index is 0.114. The molecule has 1 rings (SSSR count). The molecule has 1 N–H and O–H groups in total. The number of halogens is 1. The molecular weight excluding hydrogens is 202 g/mol. The summed E-state index contributed by atoms with van der Waals surface area (Å²) >= 11 is 5.92. The van der Waals surface area contributed by atoms with E-state index in [1.54, 1.807) is 19.9 Å². The van der Waals surface area contributed by atoms with Gasteiger partial charge >= 0.3 is 0 Å². The molecular formula is C10H10ClNO2. The van der Waals surface area contributed by atoms with Crippen molar-refractivity contribution < 1.29 is 9.90 Å². The molecule has 4 heteroatoms. The van der Waals surface area contributed by atoms with Crippen LogP contribution in [0.5, 0.6) is 5.75 Å². The van der Waals surface area contributed by atoms with E-state index in [0.29, 0.717) is 16.1 Å². The molecule has 0 amide bonds. The largest absolute Gasteiger partial charge is 0.507 e. The molecule has 1 aromatic carbocycles. The van der Waals surface area contributed by atoms with Crippen LogP contribution in [0.15, 0.2) is 11.1 Å². The lowest BCUT2D eigenvalue weighted by atomic mass is 10.0. The summed E-state index contributed by atoms with van der Waals surface area (Å²) in [6.45, 7) is 3.63. The standard InChI is InChI=1S/C10H10ClNO2/c1-6-3-9(11)7(2)8(10(6)14)4-12-5-13/h3,14H,4H2,1-2H3. The molecule has 0 saturated carbocycles. The molecule has 0 atom stereocenters. The van der Waals surface area contributed by atoms with E-state index in [4.69, 9.17) is 11.6 Å². The third-order valence-electron chi connectivity index (χ3n) is 2.12. The summed E-state index contributed by atoms with van der Waals surface area (Å²) in [5, 5.41) is 10.2. The molecule has 0 aliphatic carbocycles. The first-order valence-corrected chi connectivity index (χ1v) is 4.47. The number of carbonyl (C=O) groups excluding carboxylic acids is 1. The van der Waals surface area contributed by atoms with E-state index in [1.807, 2.05) is 0 Å². The molecule has 0 aliphatic rings. The van der Waals surface area contributed by atoms with E-state index < -0.39 is 0 Å². The van der Waals surface area contributed by atoms with E-state index in [-0.39, 0.29) is 12.3 Å². The lowest BCUT2D eigenvalue weighted by Crippen LogP contribution is -1.92. The van der Waals surface area contributed by atoms with Gasteiger partial charge in [-0.25, -0.2) is 9.79 Å². The van der Waals surface area contributed by atoms with Crippen LogP contribution in [0.2, 0.25) is 5.02 Å². The van der Waals surface area contributed by atoms with Crippen LogP contribution in [0.1, 0.15) is 16.7 Å². The normalized spacial score (nSPS) is 9.64. The van der Waals surface area contributed by atoms with Crippen molar-refractivity contribution in [1.29, 1.82) is 0 Å². The summed E-state index contributed by atoms with van der Waals surface area (Å²) in [5.74, 6) is 0.144. The fraction of sp³-hybridized carbons (Fsp3) is 0.300. The van der Waals surface area contributed by atoms with Gasteiger partial charge in [0, 0.05) is 10.6 Å². The van der Waals surface area contributed by atoms with Gasteiger partial charge in [-0.3, -0.25) is 0 Å². The van der Waals surface area contributed by atoms with Gasteiger partial charge < -0.3 is 5.11 Å². The van der Waals surface area contributed by atoms with Crippen LogP contribution in [0.3, 0.4) is 0 Å². The second-order valence-corrected chi connectivity index (χ2v) is 3.44. The molecule has 0 unspecified atom stereocenters. The van der Waals surface area contributed by atoms with Crippen molar-refractivity contribution in [3.05, 3.63) is 27.8 Å². The molecule has 1 aromatic rings. The van der Waals surface area contributed by atoms with Gasteiger partial charge in [-0.15, -0.1) is 0 Å². The van der Waals surface area contributed by atoms with E-state index in [1.165, 1.54) is 6.08 Å². The number of hydrogen-bond donors (Lipinski definition) is 1. The molecule has 0 heterocycles. The van der Waals surface area contributed by atoms with Gasteiger partial charge in [-0.2, -0.15) is 0 Å². The molecule has 0 spiro atoms. The molecule has 0 aliphatic heterocycles. The molecule has 0 saturated heterocycles. The fourth-order valence-corrected chi connectivity index (χ4v) is 1.51. The topological polar surface area (TPSA) is 49.7 Å². The monoisotopic (exact) mass is 211 g/mol. The molecule has 14 heavy (non-hydrogen) atoms. The Bertz CT molecular complexity index is 383.